The fraction of sp³-hybridized carbons (Fsp3) is 0.469. The molecule has 0 aliphatic heterocycles. The molecule has 3 heterocycles. The van der Waals surface area contributed by atoms with E-state index in [9.17, 15) is 14.4 Å². The zero-order valence-electron chi connectivity index (χ0n) is 25.7. The van der Waals surface area contributed by atoms with Gasteiger partial charge in [-0.1, -0.05) is 18.6 Å². The summed E-state index contributed by atoms with van der Waals surface area (Å²) in [6.45, 7) is 12.0. The normalized spacial score (nSPS) is 14.0. The van der Waals surface area contributed by atoms with Gasteiger partial charge < -0.3 is 19.7 Å². The van der Waals surface area contributed by atoms with Crippen molar-refractivity contribution in [1.82, 2.24) is 29.4 Å². The molecule has 1 aliphatic rings. The van der Waals surface area contributed by atoms with E-state index in [0.717, 1.165) is 30.2 Å². The van der Waals surface area contributed by atoms with Crippen LogP contribution in [0.2, 0.25) is 0 Å². The van der Waals surface area contributed by atoms with Crippen molar-refractivity contribution in [3.8, 4) is 0 Å². The first-order valence-electron chi connectivity index (χ1n) is 14.7. The molecule has 11 nitrogen and oxygen atoms in total. The average molecular weight is 589 g/mol. The molecular formula is C32H40N6O5. The van der Waals surface area contributed by atoms with Crippen LogP contribution in [0.3, 0.4) is 0 Å². The second-order valence-electron chi connectivity index (χ2n) is 13.2. The zero-order chi connectivity index (χ0) is 30.9. The largest absolute Gasteiger partial charge is 0.444 e. The molecule has 2 amide bonds. The summed E-state index contributed by atoms with van der Waals surface area (Å²) in [6.07, 6.45) is 7.15. The van der Waals surface area contributed by atoms with E-state index < -0.39 is 23.4 Å². The van der Waals surface area contributed by atoms with E-state index >= 15 is 0 Å². The number of hydrogen-bond acceptors (Lipinski definition) is 7. The summed E-state index contributed by atoms with van der Waals surface area (Å²) in [7, 11) is 0. The quantitative estimate of drug-likeness (QED) is 0.284. The monoisotopic (exact) mass is 588 g/mol. The number of amides is 2. The summed E-state index contributed by atoms with van der Waals surface area (Å²) in [5.74, 6) is 0.122. The Labute approximate surface area is 251 Å². The first-order valence-corrected chi connectivity index (χ1v) is 14.7. The lowest BCUT2D eigenvalue weighted by Crippen LogP contribution is -2.41. The molecule has 0 radical (unpaired) electrons. The molecule has 43 heavy (non-hydrogen) atoms. The van der Waals surface area contributed by atoms with Crippen LogP contribution in [0.1, 0.15) is 82.4 Å². The smallest absolute Gasteiger partial charge is 0.419 e. The predicted molar refractivity (Wildman–Crippen MR) is 162 cm³/mol. The van der Waals surface area contributed by atoms with Gasteiger partial charge in [-0.2, -0.15) is 5.10 Å². The van der Waals surface area contributed by atoms with Crippen LogP contribution in [0.25, 0.3) is 16.6 Å². The summed E-state index contributed by atoms with van der Waals surface area (Å²) in [5, 5.41) is 7.95. The van der Waals surface area contributed by atoms with Crippen LogP contribution in [0.5, 0.6) is 0 Å². The Morgan fingerprint density at radius 1 is 1.02 bits per heavy atom. The third-order valence-electron chi connectivity index (χ3n) is 7.20. The number of ether oxygens (including phenoxy) is 2. The van der Waals surface area contributed by atoms with Crippen molar-refractivity contribution in [1.29, 1.82) is 0 Å². The van der Waals surface area contributed by atoms with Crippen LogP contribution in [0.4, 0.5) is 9.59 Å². The van der Waals surface area contributed by atoms with Gasteiger partial charge in [-0.3, -0.25) is 4.79 Å². The fourth-order valence-electron chi connectivity index (χ4n) is 4.98. The van der Waals surface area contributed by atoms with Gasteiger partial charge in [0.25, 0.3) is 5.91 Å². The van der Waals surface area contributed by atoms with Crippen LogP contribution in [0.15, 0.2) is 48.9 Å². The van der Waals surface area contributed by atoms with E-state index in [2.05, 4.69) is 15.4 Å². The van der Waals surface area contributed by atoms with Gasteiger partial charge in [0, 0.05) is 36.6 Å². The van der Waals surface area contributed by atoms with Crippen LogP contribution < -0.4 is 5.32 Å². The number of rotatable bonds is 7. The van der Waals surface area contributed by atoms with Crippen LogP contribution in [-0.2, 0) is 22.6 Å². The second kappa shape index (κ2) is 11.7. The third kappa shape index (κ3) is 7.33. The number of carbonyl (C=O) groups is 3. The lowest BCUT2D eigenvalue weighted by Gasteiger charge is -2.33. The predicted octanol–water partition coefficient (Wildman–Crippen LogP) is 5.93. The number of nitrogens with zero attached hydrogens (tertiary/aromatic N) is 5. The minimum Gasteiger partial charge on any atom is -0.444 e. The Bertz CT molecular complexity index is 1650. The molecule has 0 spiro atoms. The Morgan fingerprint density at radius 3 is 2.44 bits per heavy atom. The molecular weight excluding hydrogens is 548 g/mol. The number of carbonyl (C=O) groups excluding carboxylic acids is 3. The number of fused-ring (bicyclic) bond motifs is 2. The van der Waals surface area contributed by atoms with Crippen molar-refractivity contribution in [2.45, 2.75) is 85.1 Å². The van der Waals surface area contributed by atoms with Crippen molar-refractivity contribution in [3.63, 3.8) is 0 Å². The molecule has 5 rings (SSSR count). The molecule has 0 saturated heterocycles. The molecule has 1 fully saturated rings. The molecule has 1 N–H and O–H groups in total. The highest BCUT2D eigenvalue weighted by atomic mass is 16.6. The number of hydrogen-bond donors (Lipinski definition) is 1. The average Bonchev–Trinajstić information content (AvgIpc) is 3.49. The van der Waals surface area contributed by atoms with Gasteiger partial charge in [0.15, 0.2) is 5.65 Å². The van der Waals surface area contributed by atoms with Crippen molar-refractivity contribution in [2.24, 2.45) is 5.92 Å². The molecule has 4 aromatic rings. The van der Waals surface area contributed by atoms with E-state index in [0.29, 0.717) is 34.9 Å². The SMILES string of the molecule is CC(C)(C)OC(=O)N(Cc1cc2ccc(CNC(=O)c3cnn4ccnc4c3)cc2n1C(=O)OC(C)(C)C)CC1CCC1. The lowest BCUT2D eigenvalue weighted by atomic mass is 9.85. The Morgan fingerprint density at radius 2 is 1.77 bits per heavy atom. The molecule has 3 aromatic heterocycles. The number of benzene rings is 1. The first kappa shape index (κ1) is 30.1. The number of imidazole rings is 1. The Hall–Kier alpha value is -4.41. The van der Waals surface area contributed by atoms with E-state index in [-0.39, 0.29) is 19.0 Å². The first-order chi connectivity index (χ1) is 20.3. The van der Waals surface area contributed by atoms with Crippen molar-refractivity contribution in [3.05, 3.63) is 65.7 Å². The van der Waals surface area contributed by atoms with E-state index in [1.165, 1.54) is 10.8 Å². The Kier molecular flexibility index (Phi) is 8.18. The minimum absolute atomic E-state index is 0.189. The highest BCUT2D eigenvalue weighted by molar-refractivity contribution is 5.95. The summed E-state index contributed by atoms with van der Waals surface area (Å²) in [6, 6.07) is 9.25. The molecule has 11 heteroatoms. The lowest BCUT2D eigenvalue weighted by molar-refractivity contribution is 0.0163. The summed E-state index contributed by atoms with van der Waals surface area (Å²) >= 11 is 0. The molecule has 0 unspecified atom stereocenters. The van der Waals surface area contributed by atoms with Gasteiger partial charge in [0.05, 0.1) is 23.8 Å². The summed E-state index contributed by atoms with van der Waals surface area (Å²) < 4.78 is 14.6. The minimum atomic E-state index is -0.725. The third-order valence-corrected chi connectivity index (χ3v) is 7.20. The highest BCUT2D eigenvalue weighted by Gasteiger charge is 2.30. The zero-order valence-corrected chi connectivity index (χ0v) is 25.7. The highest BCUT2D eigenvalue weighted by Crippen LogP contribution is 2.30. The molecule has 0 bridgehead atoms. The van der Waals surface area contributed by atoms with Crippen LogP contribution in [-0.4, -0.2) is 59.9 Å². The maximum atomic E-state index is 13.6. The van der Waals surface area contributed by atoms with Crippen molar-refractivity contribution < 1.29 is 23.9 Å². The van der Waals surface area contributed by atoms with E-state index in [1.54, 1.807) is 27.9 Å². The fourth-order valence-corrected chi connectivity index (χ4v) is 4.98. The van der Waals surface area contributed by atoms with Crippen molar-refractivity contribution >= 4 is 34.6 Å². The molecule has 0 atom stereocenters. The van der Waals surface area contributed by atoms with Crippen LogP contribution in [0, 0.1) is 5.92 Å². The summed E-state index contributed by atoms with van der Waals surface area (Å²) in [5.41, 5.74) is 1.65. The summed E-state index contributed by atoms with van der Waals surface area (Å²) in [4.78, 5) is 45.6. The number of aromatic nitrogens is 4. The van der Waals surface area contributed by atoms with Crippen molar-refractivity contribution in [2.75, 3.05) is 6.54 Å². The topological polar surface area (TPSA) is 120 Å². The molecule has 1 aliphatic carbocycles. The van der Waals surface area contributed by atoms with Gasteiger partial charge in [-0.15, -0.1) is 0 Å². The van der Waals surface area contributed by atoms with Gasteiger partial charge in [-0.25, -0.2) is 23.7 Å². The maximum Gasteiger partial charge on any atom is 0.419 e. The Balaban J connectivity index is 1.43. The van der Waals surface area contributed by atoms with E-state index in [1.807, 2.05) is 65.8 Å². The molecule has 1 saturated carbocycles. The van der Waals surface area contributed by atoms with Crippen LogP contribution >= 0.6 is 0 Å². The molecule has 1 aromatic carbocycles. The van der Waals surface area contributed by atoms with Gasteiger partial charge >= 0.3 is 12.2 Å². The standard InChI is InChI=1S/C32H40N6O5/c1-31(2,3)42-29(40)36(19-21-8-7-9-21)20-25-15-23-11-10-22(14-26(23)38(25)30(41)43-32(4,5)6)17-34-28(39)24-16-27-33-12-13-37(27)35-18-24/h10-16,18,21H,7-9,17,19-20H2,1-6H3,(H,34,39). The molecule has 228 valence electrons. The van der Waals surface area contributed by atoms with Gasteiger partial charge in [0.2, 0.25) is 0 Å². The van der Waals surface area contributed by atoms with Gasteiger partial charge in [-0.05, 0) is 84.1 Å². The number of nitrogens with one attached hydrogen (secondary N) is 1. The maximum absolute atomic E-state index is 13.6. The van der Waals surface area contributed by atoms with Gasteiger partial charge in [0.1, 0.15) is 11.2 Å². The van der Waals surface area contributed by atoms with E-state index in [4.69, 9.17) is 9.47 Å². The second-order valence-corrected chi connectivity index (χ2v) is 13.2.